The SMILES string of the molecule is COc1cccc(C(=O)C=Cc2ccc(OC)c(OC)c2)c1. The van der Waals surface area contributed by atoms with Gasteiger partial charge in [-0.25, -0.2) is 0 Å². The summed E-state index contributed by atoms with van der Waals surface area (Å²) in [6.07, 6.45) is 3.26. The maximum Gasteiger partial charge on any atom is 0.185 e. The van der Waals surface area contributed by atoms with Gasteiger partial charge in [0.25, 0.3) is 0 Å². The molecule has 2 aromatic rings. The van der Waals surface area contributed by atoms with E-state index in [4.69, 9.17) is 14.2 Å². The molecule has 0 unspecified atom stereocenters. The molecule has 0 aliphatic rings. The third kappa shape index (κ3) is 3.67. The van der Waals surface area contributed by atoms with Gasteiger partial charge < -0.3 is 14.2 Å². The van der Waals surface area contributed by atoms with Crippen LogP contribution < -0.4 is 14.2 Å². The van der Waals surface area contributed by atoms with Crippen LogP contribution in [0.2, 0.25) is 0 Å². The Morgan fingerprint density at radius 1 is 0.909 bits per heavy atom. The van der Waals surface area contributed by atoms with Crippen LogP contribution in [0.3, 0.4) is 0 Å². The minimum Gasteiger partial charge on any atom is -0.497 e. The molecule has 0 N–H and O–H groups in total. The van der Waals surface area contributed by atoms with Crippen molar-refractivity contribution < 1.29 is 19.0 Å². The molecule has 0 aliphatic carbocycles. The highest BCUT2D eigenvalue weighted by Gasteiger charge is 2.05. The minimum absolute atomic E-state index is 0.0892. The molecule has 4 nitrogen and oxygen atoms in total. The van der Waals surface area contributed by atoms with Crippen molar-refractivity contribution in [2.24, 2.45) is 0 Å². The number of ketones is 1. The van der Waals surface area contributed by atoms with Crippen molar-refractivity contribution in [3.8, 4) is 17.2 Å². The number of ether oxygens (including phenoxy) is 3. The van der Waals surface area contributed by atoms with Gasteiger partial charge in [-0.15, -0.1) is 0 Å². The maximum atomic E-state index is 12.2. The Bertz CT molecular complexity index is 689. The molecule has 4 heteroatoms. The van der Waals surface area contributed by atoms with Crippen molar-refractivity contribution in [1.29, 1.82) is 0 Å². The second kappa shape index (κ2) is 7.31. The Balaban J connectivity index is 2.18. The van der Waals surface area contributed by atoms with Crippen LogP contribution in [0.5, 0.6) is 17.2 Å². The topological polar surface area (TPSA) is 44.8 Å². The van der Waals surface area contributed by atoms with Crippen LogP contribution in [0, 0.1) is 0 Å². The van der Waals surface area contributed by atoms with E-state index in [0.717, 1.165) is 5.56 Å². The van der Waals surface area contributed by atoms with Gasteiger partial charge in [-0.2, -0.15) is 0 Å². The fourth-order valence-corrected chi connectivity index (χ4v) is 2.00. The Morgan fingerprint density at radius 3 is 2.36 bits per heavy atom. The van der Waals surface area contributed by atoms with Gasteiger partial charge in [-0.3, -0.25) is 4.79 Å². The Kier molecular flexibility index (Phi) is 5.20. The summed E-state index contributed by atoms with van der Waals surface area (Å²) in [5.74, 6) is 1.84. The number of hydrogen-bond acceptors (Lipinski definition) is 4. The highest BCUT2D eigenvalue weighted by Crippen LogP contribution is 2.28. The first kappa shape index (κ1) is 15.6. The van der Waals surface area contributed by atoms with Crippen molar-refractivity contribution in [2.45, 2.75) is 0 Å². The molecule has 22 heavy (non-hydrogen) atoms. The van der Waals surface area contributed by atoms with Gasteiger partial charge in [-0.05, 0) is 35.9 Å². The van der Waals surface area contributed by atoms with Gasteiger partial charge >= 0.3 is 0 Å². The van der Waals surface area contributed by atoms with Gasteiger partial charge in [0.05, 0.1) is 21.3 Å². The minimum atomic E-state index is -0.0892. The van der Waals surface area contributed by atoms with Crippen molar-refractivity contribution in [3.05, 3.63) is 59.7 Å². The standard InChI is InChI=1S/C18H18O4/c1-20-15-6-4-5-14(12-15)16(19)9-7-13-8-10-17(21-2)18(11-13)22-3/h4-12H,1-3H3. The van der Waals surface area contributed by atoms with Crippen LogP contribution in [-0.4, -0.2) is 27.1 Å². The van der Waals surface area contributed by atoms with E-state index in [2.05, 4.69) is 0 Å². The molecular formula is C18H18O4. The number of allylic oxidation sites excluding steroid dienone is 1. The molecule has 114 valence electrons. The molecule has 0 aliphatic heterocycles. The maximum absolute atomic E-state index is 12.2. The summed E-state index contributed by atoms with van der Waals surface area (Å²) in [4.78, 5) is 12.2. The van der Waals surface area contributed by atoms with Crippen molar-refractivity contribution in [1.82, 2.24) is 0 Å². The molecule has 0 amide bonds. The van der Waals surface area contributed by atoms with Crippen LogP contribution >= 0.6 is 0 Å². The molecule has 0 bridgehead atoms. The second-order valence-electron chi connectivity index (χ2n) is 4.54. The third-order valence-corrected chi connectivity index (χ3v) is 3.19. The van der Waals surface area contributed by atoms with E-state index in [0.29, 0.717) is 22.8 Å². The van der Waals surface area contributed by atoms with E-state index in [9.17, 15) is 4.79 Å². The quantitative estimate of drug-likeness (QED) is 0.603. The van der Waals surface area contributed by atoms with Gasteiger partial charge in [0, 0.05) is 5.56 Å². The summed E-state index contributed by atoms with van der Waals surface area (Å²) in [6.45, 7) is 0. The van der Waals surface area contributed by atoms with Crippen LogP contribution in [0.15, 0.2) is 48.5 Å². The molecule has 0 heterocycles. The predicted molar refractivity (Wildman–Crippen MR) is 85.9 cm³/mol. The smallest absolute Gasteiger partial charge is 0.185 e. The molecule has 0 spiro atoms. The van der Waals surface area contributed by atoms with Crippen molar-refractivity contribution >= 4 is 11.9 Å². The van der Waals surface area contributed by atoms with E-state index in [1.165, 1.54) is 6.08 Å². The molecule has 0 fully saturated rings. The lowest BCUT2D eigenvalue weighted by atomic mass is 10.1. The zero-order chi connectivity index (χ0) is 15.9. The molecule has 0 saturated heterocycles. The normalized spacial score (nSPS) is 10.5. The monoisotopic (exact) mass is 298 g/mol. The number of carbonyl (C=O) groups excluding carboxylic acids is 1. The average Bonchev–Trinajstić information content (AvgIpc) is 2.59. The zero-order valence-corrected chi connectivity index (χ0v) is 12.8. The summed E-state index contributed by atoms with van der Waals surface area (Å²) in [5, 5.41) is 0. The van der Waals surface area contributed by atoms with Gasteiger partial charge in [-0.1, -0.05) is 24.3 Å². The molecular weight excluding hydrogens is 280 g/mol. The van der Waals surface area contributed by atoms with Crippen LogP contribution in [0.4, 0.5) is 0 Å². The Morgan fingerprint density at radius 2 is 1.68 bits per heavy atom. The lowest BCUT2D eigenvalue weighted by molar-refractivity contribution is 0.104. The molecule has 2 aromatic carbocycles. The lowest BCUT2D eigenvalue weighted by Crippen LogP contribution is -1.95. The molecule has 0 saturated carbocycles. The number of benzene rings is 2. The summed E-state index contributed by atoms with van der Waals surface area (Å²) < 4.78 is 15.5. The van der Waals surface area contributed by atoms with E-state index in [1.54, 1.807) is 57.7 Å². The van der Waals surface area contributed by atoms with E-state index < -0.39 is 0 Å². The van der Waals surface area contributed by atoms with Crippen LogP contribution in [0.25, 0.3) is 6.08 Å². The van der Waals surface area contributed by atoms with Crippen molar-refractivity contribution in [3.63, 3.8) is 0 Å². The predicted octanol–water partition coefficient (Wildman–Crippen LogP) is 3.61. The summed E-state index contributed by atoms with van der Waals surface area (Å²) in [7, 11) is 4.73. The number of methoxy groups -OCH3 is 3. The largest absolute Gasteiger partial charge is 0.497 e. The van der Waals surface area contributed by atoms with Crippen molar-refractivity contribution in [2.75, 3.05) is 21.3 Å². The van der Waals surface area contributed by atoms with Gasteiger partial charge in [0.15, 0.2) is 17.3 Å². The first-order valence-electron chi connectivity index (χ1n) is 6.76. The fourth-order valence-electron chi connectivity index (χ4n) is 2.00. The molecule has 0 aromatic heterocycles. The summed E-state index contributed by atoms with van der Waals surface area (Å²) >= 11 is 0. The fraction of sp³-hybridized carbons (Fsp3) is 0.167. The third-order valence-electron chi connectivity index (χ3n) is 3.19. The average molecular weight is 298 g/mol. The van der Waals surface area contributed by atoms with Crippen LogP contribution in [-0.2, 0) is 0 Å². The van der Waals surface area contributed by atoms with Crippen LogP contribution in [0.1, 0.15) is 15.9 Å². The van der Waals surface area contributed by atoms with E-state index >= 15 is 0 Å². The lowest BCUT2D eigenvalue weighted by Gasteiger charge is -2.07. The summed E-state index contributed by atoms with van der Waals surface area (Å²) in [6, 6.07) is 12.5. The Hall–Kier alpha value is -2.75. The highest BCUT2D eigenvalue weighted by molar-refractivity contribution is 6.07. The van der Waals surface area contributed by atoms with Gasteiger partial charge in [0.2, 0.25) is 0 Å². The zero-order valence-electron chi connectivity index (χ0n) is 12.8. The summed E-state index contributed by atoms with van der Waals surface area (Å²) in [5.41, 5.74) is 1.44. The van der Waals surface area contributed by atoms with E-state index in [-0.39, 0.29) is 5.78 Å². The molecule has 2 rings (SSSR count). The van der Waals surface area contributed by atoms with E-state index in [1.807, 2.05) is 12.1 Å². The molecule has 0 atom stereocenters. The highest BCUT2D eigenvalue weighted by atomic mass is 16.5. The first-order chi connectivity index (χ1) is 10.7. The molecule has 0 radical (unpaired) electrons. The van der Waals surface area contributed by atoms with Gasteiger partial charge in [0.1, 0.15) is 5.75 Å². The Labute approximate surface area is 129 Å². The number of hydrogen-bond donors (Lipinski definition) is 0. The number of rotatable bonds is 6. The first-order valence-corrected chi connectivity index (χ1v) is 6.76. The second-order valence-corrected chi connectivity index (χ2v) is 4.54. The number of carbonyl (C=O) groups is 1.